The molecule has 3 rings (SSSR count). The van der Waals surface area contributed by atoms with Gasteiger partial charge in [0, 0.05) is 12.7 Å². The highest BCUT2D eigenvalue weighted by atomic mass is 16.2. The van der Waals surface area contributed by atoms with Crippen LogP contribution in [-0.2, 0) is 18.4 Å². The second kappa shape index (κ2) is 5.92. The normalized spacial score (nSPS) is 10.7. The standard InChI is InChI=1S/C17H15N3O3/c1-19-16(22)13-9-5-6-10-14(13)20(17(19)23)11-15(21)18-12-7-3-2-4-8-12/h2-10H,11H2,1H3,(H,18,21). The summed E-state index contributed by atoms with van der Waals surface area (Å²) in [7, 11) is 1.41. The molecule has 0 fully saturated rings. The maximum atomic E-state index is 12.3. The van der Waals surface area contributed by atoms with Gasteiger partial charge in [-0.15, -0.1) is 0 Å². The number of rotatable bonds is 3. The van der Waals surface area contributed by atoms with E-state index in [-0.39, 0.29) is 18.0 Å². The molecule has 6 nitrogen and oxygen atoms in total. The topological polar surface area (TPSA) is 73.1 Å². The molecule has 3 aromatic rings. The van der Waals surface area contributed by atoms with Crippen molar-refractivity contribution in [1.29, 1.82) is 0 Å². The number of benzene rings is 2. The molecule has 2 aromatic carbocycles. The fourth-order valence-corrected chi connectivity index (χ4v) is 2.46. The van der Waals surface area contributed by atoms with Crippen LogP contribution >= 0.6 is 0 Å². The molecule has 1 N–H and O–H groups in total. The number of fused-ring (bicyclic) bond motifs is 1. The number of carbonyl (C=O) groups is 1. The van der Waals surface area contributed by atoms with Crippen molar-refractivity contribution in [2.24, 2.45) is 7.05 Å². The van der Waals surface area contributed by atoms with Crippen molar-refractivity contribution in [2.75, 3.05) is 5.32 Å². The van der Waals surface area contributed by atoms with Crippen molar-refractivity contribution in [3.63, 3.8) is 0 Å². The molecule has 116 valence electrons. The van der Waals surface area contributed by atoms with Gasteiger partial charge >= 0.3 is 5.69 Å². The second-order valence-electron chi connectivity index (χ2n) is 5.16. The summed E-state index contributed by atoms with van der Waals surface area (Å²) in [6.07, 6.45) is 0. The van der Waals surface area contributed by atoms with E-state index in [1.54, 1.807) is 36.4 Å². The maximum Gasteiger partial charge on any atom is 0.331 e. The Hall–Kier alpha value is -3.15. The molecular formula is C17H15N3O3. The summed E-state index contributed by atoms with van der Waals surface area (Å²) < 4.78 is 2.31. The Bertz CT molecular complexity index is 987. The van der Waals surface area contributed by atoms with Crippen LogP contribution in [0.2, 0.25) is 0 Å². The molecule has 6 heteroatoms. The number of anilines is 1. The van der Waals surface area contributed by atoms with Crippen LogP contribution in [0.1, 0.15) is 0 Å². The van der Waals surface area contributed by atoms with E-state index >= 15 is 0 Å². The summed E-state index contributed by atoms with van der Waals surface area (Å²) in [6, 6.07) is 15.7. The van der Waals surface area contributed by atoms with E-state index in [1.807, 2.05) is 18.2 Å². The van der Waals surface area contributed by atoms with E-state index in [4.69, 9.17) is 0 Å². The Labute approximate surface area is 131 Å². The minimum Gasteiger partial charge on any atom is -0.325 e. The van der Waals surface area contributed by atoms with Gasteiger partial charge in [-0.1, -0.05) is 30.3 Å². The van der Waals surface area contributed by atoms with E-state index in [1.165, 1.54) is 11.6 Å². The molecule has 0 bridgehead atoms. The number of nitrogens with one attached hydrogen (secondary N) is 1. The first-order valence-electron chi connectivity index (χ1n) is 7.11. The highest BCUT2D eigenvalue weighted by Crippen LogP contribution is 2.08. The SMILES string of the molecule is Cn1c(=O)c2ccccc2n(CC(=O)Nc2ccccc2)c1=O. The van der Waals surface area contributed by atoms with Gasteiger partial charge in [-0.2, -0.15) is 0 Å². The quantitative estimate of drug-likeness (QED) is 0.793. The fraction of sp³-hybridized carbons (Fsp3) is 0.118. The van der Waals surface area contributed by atoms with Crippen LogP contribution in [0.3, 0.4) is 0 Å². The van der Waals surface area contributed by atoms with E-state index in [2.05, 4.69) is 5.32 Å². The Kier molecular flexibility index (Phi) is 3.80. The molecule has 0 radical (unpaired) electrons. The first kappa shape index (κ1) is 14.8. The Balaban J connectivity index is 2.02. The zero-order valence-electron chi connectivity index (χ0n) is 12.5. The zero-order valence-corrected chi connectivity index (χ0v) is 12.5. The van der Waals surface area contributed by atoms with Crippen LogP contribution in [0.15, 0.2) is 64.2 Å². The van der Waals surface area contributed by atoms with Gasteiger partial charge in [-0.25, -0.2) is 4.79 Å². The second-order valence-corrected chi connectivity index (χ2v) is 5.16. The summed E-state index contributed by atoms with van der Waals surface area (Å²) >= 11 is 0. The van der Waals surface area contributed by atoms with Crippen molar-refractivity contribution in [3.8, 4) is 0 Å². The van der Waals surface area contributed by atoms with Crippen molar-refractivity contribution in [3.05, 3.63) is 75.4 Å². The summed E-state index contributed by atoms with van der Waals surface area (Å²) in [5.74, 6) is -0.331. The van der Waals surface area contributed by atoms with Gasteiger partial charge < -0.3 is 5.32 Å². The predicted octanol–water partition coefficient (Wildman–Crippen LogP) is 1.34. The summed E-state index contributed by atoms with van der Waals surface area (Å²) in [5, 5.41) is 3.14. The number of hydrogen-bond acceptors (Lipinski definition) is 3. The third-order valence-electron chi connectivity index (χ3n) is 3.61. The van der Waals surface area contributed by atoms with Crippen LogP contribution in [-0.4, -0.2) is 15.0 Å². The lowest BCUT2D eigenvalue weighted by Crippen LogP contribution is -2.40. The largest absolute Gasteiger partial charge is 0.331 e. The molecule has 0 spiro atoms. The predicted molar refractivity (Wildman–Crippen MR) is 88.5 cm³/mol. The van der Waals surface area contributed by atoms with Crippen LogP contribution < -0.4 is 16.6 Å². The Morgan fingerprint density at radius 2 is 1.65 bits per heavy atom. The molecular weight excluding hydrogens is 294 g/mol. The lowest BCUT2D eigenvalue weighted by atomic mass is 10.2. The van der Waals surface area contributed by atoms with Crippen molar-refractivity contribution in [2.45, 2.75) is 6.54 Å². The van der Waals surface area contributed by atoms with Crippen molar-refractivity contribution >= 4 is 22.5 Å². The maximum absolute atomic E-state index is 12.3. The number of amides is 1. The first-order chi connectivity index (χ1) is 11.1. The molecule has 0 saturated heterocycles. The number of hydrogen-bond donors (Lipinski definition) is 1. The molecule has 1 heterocycles. The zero-order chi connectivity index (χ0) is 16.4. The highest BCUT2D eigenvalue weighted by Gasteiger charge is 2.13. The monoisotopic (exact) mass is 309 g/mol. The van der Waals surface area contributed by atoms with Gasteiger partial charge in [0.25, 0.3) is 5.56 Å². The lowest BCUT2D eigenvalue weighted by Gasteiger charge is -2.12. The summed E-state index contributed by atoms with van der Waals surface area (Å²) in [4.78, 5) is 36.7. The van der Waals surface area contributed by atoms with Crippen LogP contribution in [0.5, 0.6) is 0 Å². The van der Waals surface area contributed by atoms with Gasteiger partial charge in [-0.3, -0.25) is 18.7 Å². The molecule has 0 unspecified atom stereocenters. The van der Waals surface area contributed by atoms with E-state index in [9.17, 15) is 14.4 Å². The summed E-state index contributed by atoms with van der Waals surface area (Å²) in [5.41, 5.74) is 0.214. The number of aromatic nitrogens is 2. The van der Waals surface area contributed by atoms with Gasteiger partial charge in [0.2, 0.25) is 5.91 Å². The molecule has 1 amide bonds. The highest BCUT2D eigenvalue weighted by molar-refractivity contribution is 5.91. The third kappa shape index (κ3) is 2.78. The van der Waals surface area contributed by atoms with Gasteiger partial charge in [0.15, 0.2) is 0 Å². The fourth-order valence-electron chi connectivity index (χ4n) is 2.46. The van der Waals surface area contributed by atoms with Crippen LogP contribution in [0.4, 0.5) is 5.69 Å². The minimum atomic E-state index is -0.517. The lowest BCUT2D eigenvalue weighted by molar-refractivity contribution is -0.116. The average Bonchev–Trinajstić information content (AvgIpc) is 2.57. The molecule has 0 aliphatic carbocycles. The van der Waals surface area contributed by atoms with Crippen LogP contribution in [0, 0.1) is 0 Å². The van der Waals surface area contributed by atoms with E-state index < -0.39 is 5.69 Å². The number of para-hydroxylation sites is 2. The van der Waals surface area contributed by atoms with Crippen LogP contribution in [0.25, 0.3) is 10.9 Å². The average molecular weight is 309 g/mol. The van der Waals surface area contributed by atoms with E-state index in [0.29, 0.717) is 16.6 Å². The smallest absolute Gasteiger partial charge is 0.325 e. The third-order valence-corrected chi connectivity index (χ3v) is 3.61. The van der Waals surface area contributed by atoms with Crippen molar-refractivity contribution < 1.29 is 4.79 Å². The van der Waals surface area contributed by atoms with Gasteiger partial charge in [0.05, 0.1) is 10.9 Å². The van der Waals surface area contributed by atoms with Crippen molar-refractivity contribution in [1.82, 2.24) is 9.13 Å². The van der Waals surface area contributed by atoms with Gasteiger partial charge in [-0.05, 0) is 24.3 Å². The molecule has 0 aliphatic heterocycles. The summed E-state index contributed by atoms with van der Waals surface area (Å²) in [6.45, 7) is -0.164. The number of carbonyl (C=O) groups excluding carboxylic acids is 1. The molecule has 23 heavy (non-hydrogen) atoms. The first-order valence-corrected chi connectivity index (χ1v) is 7.11. The molecule has 0 atom stereocenters. The van der Waals surface area contributed by atoms with E-state index in [0.717, 1.165) is 4.57 Å². The molecule has 0 saturated carbocycles. The molecule has 0 aliphatic rings. The van der Waals surface area contributed by atoms with Gasteiger partial charge in [0.1, 0.15) is 6.54 Å². The Morgan fingerprint density at radius 3 is 2.39 bits per heavy atom. The number of nitrogens with zero attached hydrogens (tertiary/aromatic N) is 2. The molecule has 1 aromatic heterocycles. The minimum absolute atomic E-state index is 0.164. The Morgan fingerprint density at radius 1 is 1.00 bits per heavy atom.